The minimum Gasteiger partial charge on any atom is -0.497 e. The van der Waals surface area contributed by atoms with E-state index in [-0.39, 0.29) is 5.91 Å². The van der Waals surface area contributed by atoms with Crippen molar-refractivity contribution in [3.63, 3.8) is 0 Å². The lowest BCUT2D eigenvalue weighted by atomic mass is 10.2. The highest BCUT2D eigenvalue weighted by Gasteiger charge is 2.20. The van der Waals surface area contributed by atoms with Crippen LogP contribution in [-0.4, -0.2) is 67.7 Å². The van der Waals surface area contributed by atoms with Gasteiger partial charge in [0.2, 0.25) is 5.91 Å². The van der Waals surface area contributed by atoms with Crippen LogP contribution in [-0.2, 0) is 4.79 Å². The molecular weight excluding hydrogens is 334 g/mol. The third-order valence-electron chi connectivity index (χ3n) is 4.30. The first kappa shape index (κ1) is 17.9. The van der Waals surface area contributed by atoms with Crippen LogP contribution in [0.5, 0.6) is 11.5 Å². The maximum atomic E-state index is 12.4. The van der Waals surface area contributed by atoms with E-state index in [4.69, 9.17) is 9.47 Å². The number of aromatic nitrogens is 2. The third kappa shape index (κ3) is 4.40. The highest BCUT2D eigenvalue weighted by molar-refractivity contribution is 5.93. The molecule has 0 atom stereocenters. The smallest absolute Gasteiger partial charge is 0.238 e. The van der Waals surface area contributed by atoms with E-state index in [1.165, 1.54) is 0 Å². The van der Waals surface area contributed by atoms with Gasteiger partial charge in [-0.1, -0.05) is 0 Å². The summed E-state index contributed by atoms with van der Waals surface area (Å²) in [7, 11) is 3.16. The van der Waals surface area contributed by atoms with Gasteiger partial charge in [-0.15, -0.1) is 0 Å². The van der Waals surface area contributed by atoms with Gasteiger partial charge in [-0.2, -0.15) is 0 Å². The van der Waals surface area contributed by atoms with Crippen molar-refractivity contribution in [3.8, 4) is 11.5 Å². The van der Waals surface area contributed by atoms with E-state index < -0.39 is 0 Å². The Morgan fingerprint density at radius 1 is 1.15 bits per heavy atom. The maximum absolute atomic E-state index is 12.4. The Morgan fingerprint density at radius 2 is 1.96 bits per heavy atom. The number of amides is 1. The van der Waals surface area contributed by atoms with Crippen LogP contribution in [0.15, 0.2) is 36.8 Å². The molecule has 1 aromatic carbocycles. The van der Waals surface area contributed by atoms with Crippen molar-refractivity contribution < 1.29 is 14.3 Å². The van der Waals surface area contributed by atoms with Gasteiger partial charge in [-0.25, -0.2) is 4.98 Å². The second-order valence-electron chi connectivity index (χ2n) is 5.94. The van der Waals surface area contributed by atoms with Crippen LogP contribution in [0.3, 0.4) is 0 Å². The van der Waals surface area contributed by atoms with E-state index in [0.29, 0.717) is 23.7 Å². The number of carbonyl (C=O) groups excluding carboxylic acids is 1. The normalized spacial score (nSPS) is 14.8. The molecule has 0 bridgehead atoms. The molecule has 0 saturated carbocycles. The maximum Gasteiger partial charge on any atom is 0.238 e. The molecule has 2 heterocycles. The SMILES string of the molecule is COc1ccc(NC(=O)CN2CCN(c3cnccn3)CC2)c(OC)c1. The molecule has 26 heavy (non-hydrogen) atoms. The molecule has 0 unspecified atom stereocenters. The first-order valence-electron chi connectivity index (χ1n) is 8.45. The second-order valence-corrected chi connectivity index (χ2v) is 5.94. The molecule has 8 heteroatoms. The lowest BCUT2D eigenvalue weighted by molar-refractivity contribution is -0.117. The molecule has 0 aliphatic carbocycles. The summed E-state index contributed by atoms with van der Waals surface area (Å²) in [6.45, 7) is 3.56. The monoisotopic (exact) mass is 357 g/mol. The minimum atomic E-state index is -0.0681. The summed E-state index contributed by atoms with van der Waals surface area (Å²) in [6.07, 6.45) is 5.12. The number of hydrogen-bond acceptors (Lipinski definition) is 7. The highest BCUT2D eigenvalue weighted by atomic mass is 16.5. The van der Waals surface area contributed by atoms with E-state index in [9.17, 15) is 4.79 Å². The molecule has 1 aromatic heterocycles. The minimum absolute atomic E-state index is 0.0681. The number of rotatable bonds is 6. The number of methoxy groups -OCH3 is 2. The number of carbonyl (C=O) groups is 1. The quantitative estimate of drug-likeness (QED) is 0.833. The van der Waals surface area contributed by atoms with Gasteiger partial charge in [-0.3, -0.25) is 14.7 Å². The molecule has 2 aromatic rings. The van der Waals surface area contributed by atoms with Crippen molar-refractivity contribution in [1.29, 1.82) is 0 Å². The fourth-order valence-electron chi connectivity index (χ4n) is 2.88. The van der Waals surface area contributed by atoms with Crippen LogP contribution in [0, 0.1) is 0 Å². The van der Waals surface area contributed by atoms with E-state index in [1.54, 1.807) is 51.0 Å². The summed E-state index contributed by atoms with van der Waals surface area (Å²) in [6, 6.07) is 5.31. The summed E-state index contributed by atoms with van der Waals surface area (Å²) in [4.78, 5) is 25.1. The molecule has 1 saturated heterocycles. The van der Waals surface area contributed by atoms with E-state index in [2.05, 4.69) is 25.1 Å². The number of benzene rings is 1. The van der Waals surface area contributed by atoms with Crippen LogP contribution in [0.4, 0.5) is 11.5 Å². The fraction of sp³-hybridized carbons (Fsp3) is 0.389. The van der Waals surface area contributed by atoms with Crippen molar-refractivity contribution in [2.75, 3.05) is 57.2 Å². The van der Waals surface area contributed by atoms with Gasteiger partial charge in [0.1, 0.15) is 17.3 Å². The van der Waals surface area contributed by atoms with Gasteiger partial charge in [0.25, 0.3) is 0 Å². The van der Waals surface area contributed by atoms with Gasteiger partial charge in [0, 0.05) is 44.6 Å². The van der Waals surface area contributed by atoms with Crippen molar-refractivity contribution in [1.82, 2.24) is 14.9 Å². The first-order valence-corrected chi connectivity index (χ1v) is 8.45. The topological polar surface area (TPSA) is 79.8 Å². The second kappa shape index (κ2) is 8.48. The van der Waals surface area contributed by atoms with Gasteiger partial charge >= 0.3 is 0 Å². The molecule has 3 rings (SSSR count). The van der Waals surface area contributed by atoms with Crippen LogP contribution in [0.2, 0.25) is 0 Å². The van der Waals surface area contributed by atoms with Crippen molar-refractivity contribution >= 4 is 17.4 Å². The Hall–Kier alpha value is -2.87. The van der Waals surface area contributed by atoms with Crippen LogP contribution < -0.4 is 19.7 Å². The van der Waals surface area contributed by atoms with Crippen LogP contribution in [0.1, 0.15) is 0 Å². The standard InChI is InChI=1S/C18H23N5O3/c1-25-14-3-4-15(16(11-14)26-2)21-18(24)13-22-7-9-23(10-8-22)17-12-19-5-6-20-17/h3-6,11-12H,7-10,13H2,1-2H3,(H,21,24). The zero-order chi connectivity index (χ0) is 18.4. The Kier molecular flexibility index (Phi) is 5.85. The molecule has 1 amide bonds. The Bertz CT molecular complexity index is 733. The molecule has 0 spiro atoms. The van der Waals surface area contributed by atoms with Gasteiger partial charge in [0.15, 0.2) is 0 Å². The molecule has 8 nitrogen and oxygen atoms in total. The zero-order valence-electron chi connectivity index (χ0n) is 15.0. The number of hydrogen-bond donors (Lipinski definition) is 1. The highest BCUT2D eigenvalue weighted by Crippen LogP contribution is 2.28. The van der Waals surface area contributed by atoms with Crippen LogP contribution in [0.25, 0.3) is 0 Å². The van der Waals surface area contributed by atoms with Crippen molar-refractivity contribution in [2.24, 2.45) is 0 Å². The van der Waals surface area contributed by atoms with E-state index >= 15 is 0 Å². The molecule has 1 fully saturated rings. The van der Waals surface area contributed by atoms with Gasteiger partial charge in [0.05, 0.1) is 32.6 Å². The molecule has 1 aliphatic rings. The summed E-state index contributed by atoms with van der Waals surface area (Å²) < 4.78 is 10.5. The average molecular weight is 357 g/mol. The Balaban J connectivity index is 1.52. The van der Waals surface area contributed by atoms with Crippen LogP contribution >= 0.6 is 0 Å². The van der Waals surface area contributed by atoms with Crippen molar-refractivity contribution in [2.45, 2.75) is 0 Å². The summed E-state index contributed by atoms with van der Waals surface area (Å²) >= 11 is 0. The molecule has 138 valence electrons. The zero-order valence-corrected chi connectivity index (χ0v) is 15.0. The summed E-state index contributed by atoms with van der Waals surface area (Å²) in [5.41, 5.74) is 0.636. The molecule has 0 radical (unpaired) electrons. The molecule has 1 N–H and O–H groups in total. The third-order valence-corrected chi connectivity index (χ3v) is 4.30. The number of nitrogens with zero attached hydrogens (tertiary/aromatic N) is 4. The number of ether oxygens (including phenoxy) is 2. The predicted octanol–water partition coefficient (Wildman–Crippen LogP) is 1.25. The van der Waals surface area contributed by atoms with E-state index in [1.807, 2.05) is 0 Å². The molecule has 1 aliphatic heterocycles. The summed E-state index contributed by atoms with van der Waals surface area (Å²) in [5.74, 6) is 2.06. The van der Waals surface area contributed by atoms with E-state index in [0.717, 1.165) is 32.0 Å². The Morgan fingerprint density at radius 3 is 2.62 bits per heavy atom. The van der Waals surface area contributed by atoms with Gasteiger partial charge in [-0.05, 0) is 12.1 Å². The lowest BCUT2D eigenvalue weighted by Gasteiger charge is -2.34. The number of anilines is 2. The average Bonchev–Trinajstić information content (AvgIpc) is 2.69. The predicted molar refractivity (Wildman–Crippen MR) is 98.9 cm³/mol. The lowest BCUT2D eigenvalue weighted by Crippen LogP contribution is -2.49. The van der Waals surface area contributed by atoms with Crippen molar-refractivity contribution in [3.05, 3.63) is 36.8 Å². The number of piperazine rings is 1. The Labute approximate surface area is 152 Å². The molecular formula is C18H23N5O3. The fourth-order valence-corrected chi connectivity index (χ4v) is 2.88. The first-order chi connectivity index (χ1) is 12.7. The summed E-state index contributed by atoms with van der Waals surface area (Å²) in [5, 5.41) is 2.91. The largest absolute Gasteiger partial charge is 0.497 e. The van der Waals surface area contributed by atoms with Gasteiger partial charge < -0.3 is 19.7 Å². The number of nitrogens with one attached hydrogen (secondary N) is 1.